The summed E-state index contributed by atoms with van der Waals surface area (Å²) in [4.78, 5) is 19.7. The van der Waals surface area contributed by atoms with Crippen molar-refractivity contribution < 1.29 is 28.2 Å². The van der Waals surface area contributed by atoms with Crippen LogP contribution < -0.4 is 9.64 Å². The Morgan fingerprint density at radius 1 is 1.10 bits per heavy atom. The number of nitrogens with zero attached hydrogens (tertiary/aromatic N) is 2. The monoisotopic (exact) mass is 566 g/mol. The minimum Gasteiger partial charge on any atom is -0.490 e. The molecule has 6 nitrogen and oxygen atoms in total. The van der Waals surface area contributed by atoms with Crippen molar-refractivity contribution in [3.05, 3.63) is 76.6 Å². The molecule has 0 saturated carbocycles. The van der Waals surface area contributed by atoms with Crippen LogP contribution in [0.3, 0.4) is 0 Å². The number of rotatable bonds is 10. The lowest BCUT2D eigenvalue weighted by Gasteiger charge is -2.40. The third kappa shape index (κ3) is 7.61. The second-order valence-corrected chi connectivity index (χ2v) is 11.7. The number of hydrogen-bond donors (Lipinski definition) is 1. The molecule has 1 aliphatic rings. The number of carbonyl (C=O) groups excluding carboxylic acids is 1. The van der Waals surface area contributed by atoms with Gasteiger partial charge in [0.15, 0.2) is 11.6 Å². The van der Waals surface area contributed by atoms with Gasteiger partial charge < -0.3 is 19.5 Å². The normalized spacial score (nSPS) is 14.8. The molecule has 2 heterocycles. The van der Waals surface area contributed by atoms with E-state index < -0.39 is 5.82 Å². The van der Waals surface area contributed by atoms with E-state index >= 15 is 4.39 Å². The number of hydrogen-bond acceptors (Lipinski definition) is 6. The van der Waals surface area contributed by atoms with E-state index in [4.69, 9.17) is 9.47 Å². The Balaban J connectivity index is 1.70. The number of aryl methyl sites for hydroxylation is 1. The SMILES string of the molecule is Cc1nc(CO)c(-c2ccc(OCCc3ccc(F)cc3)c(F)c2)c(N2CCC(C)(C)CC2)c1CC(=O)OC(C)C. The molecule has 0 atom stereocenters. The number of aromatic nitrogens is 1. The smallest absolute Gasteiger partial charge is 0.310 e. The number of benzene rings is 2. The van der Waals surface area contributed by atoms with Gasteiger partial charge in [0, 0.05) is 36.3 Å². The largest absolute Gasteiger partial charge is 0.490 e. The lowest BCUT2D eigenvalue weighted by Crippen LogP contribution is -2.38. The first kappa shape index (κ1) is 30.4. The van der Waals surface area contributed by atoms with Gasteiger partial charge >= 0.3 is 5.97 Å². The van der Waals surface area contributed by atoms with Gasteiger partial charge in [-0.3, -0.25) is 9.78 Å². The van der Waals surface area contributed by atoms with Crippen molar-refractivity contribution in [2.75, 3.05) is 24.6 Å². The molecule has 1 fully saturated rings. The van der Waals surface area contributed by atoms with Gasteiger partial charge in [0.1, 0.15) is 5.82 Å². The lowest BCUT2D eigenvalue weighted by atomic mass is 9.82. The van der Waals surface area contributed by atoms with Crippen LogP contribution in [0.5, 0.6) is 5.75 Å². The second kappa shape index (κ2) is 13.0. The van der Waals surface area contributed by atoms with Gasteiger partial charge in [-0.2, -0.15) is 0 Å². The summed E-state index contributed by atoms with van der Waals surface area (Å²) in [7, 11) is 0. The van der Waals surface area contributed by atoms with E-state index in [2.05, 4.69) is 23.7 Å². The van der Waals surface area contributed by atoms with Gasteiger partial charge in [-0.1, -0.05) is 32.0 Å². The topological polar surface area (TPSA) is 71.9 Å². The summed E-state index contributed by atoms with van der Waals surface area (Å²) in [5.41, 5.74) is 4.82. The maximum atomic E-state index is 15.4. The molecule has 4 rings (SSSR count). The van der Waals surface area contributed by atoms with E-state index in [-0.39, 0.29) is 48.7 Å². The van der Waals surface area contributed by atoms with Gasteiger partial charge in [0.05, 0.1) is 37.1 Å². The lowest BCUT2D eigenvalue weighted by molar-refractivity contribution is -0.146. The van der Waals surface area contributed by atoms with Gasteiger partial charge in [0.2, 0.25) is 0 Å². The van der Waals surface area contributed by atoms with Crippen LogP contribution in [0.25, 0.3) is 11.1 Å². The zero-order valence-corrected chi connectivity index (χ0v) is 24.6. The van der Waals surface area contributed by atoms with E-state index in [9.17, 15) is 14.3 Å². The molecule has 0 aliphatic carbocycles. The van der Waals surface area contributed by atoms with E-state index in [0.717, 1.165) is 42.7 Å². The second-order valence-electron chi connectivity index (χ2n) is 11.7. The van der Waals surface area contributed by atoms with Crippen LogP contribution in [0, 0.1) is 24.0 Å². The molecule has 0 radical (unpaired) electrons. The predicted octanol–water partition coefficient (Wildman–Crippen LogP) is 6.57. The maximum Gasteiger partial charge on any atom is 0.310 e. The van der Waals surface area contributed by atoms with Crippen LogP contribution in [0.4, 0.5) is 14.5 Å². The molecule has 1 N–H and O–H groups in total. The third-order valence-corrected chi connectivity index (χ3v) is 7.60. The van der Waals surface area contributed by atoms with Gasteiger partial charge in [-0.25, -0.2) is 8.78 Å². The zero-order valence-electron chi connectivity index (χ0n) is 24.6. The summed E-state index contributed by atoms with van der Waals surface area (Å²) >= 11 is 0. The minimum absolute atomic E-state index is 0.0258. The molecule has 0 amide bonds. The predicted molar refractivity (Wildman–Crippen MR) is 156 cm³/mol. The number of anilines is 1. The fourth-order valence-electron chi connectivity index (χ4n) is 5.25. The summed E-state index contributed by atoms with van der Waals surface area (Å²) in [6, 6.07) is 10.9. The summed E-state index contributed by atoms with van der Waals surface area (Å²) in [5, 5.41) is 10.4. The molecule has 1 aromatic heterocycles. The summed E-state index contributed by atoms with van der Waals surface area (Å²) in [6.07, 6.45) is 2.18. The van der Waals surface area contributed by atoms with Crippen LogP contribution in [-0.2, 0) is 29.0 Å². The van der Waals surface area contributed by atoms with Crippen LogP contribution >= 0.6 is 0 Å². The Morgan fingerprint density at radius 2 is 1.78 bits per heavy atom. The highest BCUT2D eigenvalue weighted by molar-refractivity contribution is 5.87. The van der Waals surface area contributed by atoms with Crippen LogP contribution in [0.2, 0.25) is 0 Å². The van der Waals surface area contributed by atoms with E-state index in [1.165, 1.54) is 18.2 Å². The van der Waals surface area contributed by atoms with Crippen molar-refractivity contribution in [2.45, 2.75) is 73.0 Å². The van der Waals surface area contributed by atoms with Crippen molar-refractivity contribution in [3.8, 4) is 16.9 Å². The maximum absolute atomic E-state index is 15.4. The van der Waals surface area contributed by atoms with Crippen molar-refractivity contribution >= 4 is 11.7 Å². The Kier molecular flexibility index (Phi) is 9.64. The summed E-state index contributed by atoms with van der Waals surface area (Å²) < 4.78 is 39.8. The summed E-state index contributed by atoms with van der Waals surface area (Å²) in [5.74, 6) is -1.11. The molecule has 41 heavy (non-hydrogen) atoms. The van der Waals surface area contributed by atoms with Crippen molar-refractivity contribution in [1.82, 2.24) is 4.98 Å². The first-order chi connectivity index (χ1) is 19.5. The van der Waals surface area contributed by atoms with Crippen molar-refractivity contribution in [3.63, 3.8) is 0 Å². The fourth-order valence-corrected chi connectivity index (χ4v) is 5.25. The van der Waals surface area contributed by atoms with Crippen LogP contribution in [-0.4, -0.2) is 41.9 Å². The zero-order chi connectivity index (χ0) is 29.7. The molecule has 2 aromatic carbocycles. The molecule has 0 unspecified atom stereocenters. The Bertz CT molecular complexity index is 1360. The molecular weight excluding hydrogens is 526 g/mol. The number of esters is 1. The first-order valence-corrected chi connectivity index (χ1v) is 14.2. The number of carbonyl (C=O) groups is 1. The molecule has 1 saturated heterocycles. The molecular formula is C33H40F2N2O4. The minimum atomic E-state index is -0.544. The van der Waals surface area contributed by atoms with Gasteiger partial charge in [-0.05, 0) is 74.4 Å². The highest BCUT2D eigenvalue weighted by Crippen LogP contribution is 2.42. The number of pyridine rings is 1. The third-order valence-electron chi connectivity index (χ3n) is 7.60. The average Bonchev–Trinajstić information content (AvgIpc) is 2.91. The molecule has 8 heteroatoms. The Labute approximate surface area is 241 Å². The first-order valence-electron chi connectivity index (χ1n) is 14.2. The van der Waals surface area contributed by atoms with E-state index in [1.807, 2.05) is 20.8 Å². The molecule has 3 aromatic rings. The number of piperidine rings is 1. The van der Waals surface area contributed by atoms with Crippen molar-refractivity contribution in [1.29, 1.82) is 0 Å². The molecule has 220 valence electrons. The molecule has 0 spiro atoms. The van der Waals surface area contributed by atoms with Gasteiger partial charge in [-0.15, -0.1) is 0 Å². The van der Waals surface area contributed by atoms with Crippen LogP contribution in [0.1, 0.15) is 63.1 Å². The van der Waals surface area contributed by atoms with Crippen LogP contribution in [0.15, 0.2) is 42.5 Å². The quantitative estimate of drug-likeness (QED) is 0.280. The van der Waals surface area contributed by atoms with Gasteiger partial charge in [0.25, 0.3) is 0 Å². The number of aliphatic hydroxyl groups excluding tert-OH is 1. The van der Waals surface area contributed by atoms with Crippen molar-refractivity contribution in [2.24, 2.45) is 5.41 Å². The standard InChI is InChI=1S/C33H40F2N2O4/c1-21(2)41-30(39)19-26-22(3)36-28(20-38)31(32(26)37-15-13-33(4,5)14-16-37)24-8-11-29(27(35)18-24)40-17-12-23-6-9-25(34)10-7-23/h6-11,18,21,38H,12-17,19-20H2,1-5H3. The molecule has 1 aliphatic heterocycles. The van der Waals surface area contributed by atoms with E-state index in [1.54, 1.807) is 24.3 Å². The average molecular weight is 567 g/mol. The van der Waals surface area contributed by atoms with E-state index in [0.29, 0.717) is 28.9 Å². The fraction of sp³-hybridized carbons (Fsp3) is 0.455. The Morgan fingerprint density at radius 3 is 2.39 bits per heavy atom. The summed E-state index contributed by atoms with van der Waals surface area (Å²) in [6.45, 7) is 11.3. The highest BCUT2D eigenvalue weighted by Gasteiger charge is 2.31. The number of aliphatic hydroxyl groups is 1. The number of ether oxygens (including phenoxy) is 2. The number of halogens is 2. The Hall–Kier alpha value is -3.52. The molecule has 0 bridgehead atoms. The highest BCUT2D eigenvalue weighted by atomic mass is 19.1.